The van der Waals surface area contributed by atoms with Gasteiger partial charge in [-0.3, -0.25) is 0 Å². The third-order valence-electron chi connectivity index (χ3n) is 8.15. The van der Waals surface area contributed by atoms with E-state index in [1.807, 2.05) is 0 Å². The highest BCUT2D eigenvalue weighted by Crippen LogP contribution is 2.41. The summed E-state index contributed by atoms with van der Waals surface area (Å²) >= 11 is 0. The Morgan fingerprint density at radius 2 is 1.28 bits per heavy atom. The van der Waals surface area contributed by atoms with Gasteiger partial charge in [-0.1, -0.05) is 55.7 Å². The molecule has 2 fully saturated rings. The molecular formula is C30H39N2+. The summed E-state index contributed by atoms with van der Waals surface area (Å²) in [6.45, 7) is 9.26. The van der Waals surface area contributed by atoms with E-state index in [2.05, 4.69) is 79.3 Å². The van der Waals surface area contributed by atoms with Crippen LogP contribution in [0.25, 0.3) is 17.1 Å². The second-order valence-corrected chi connectivity index (χ2v) is 10.3. The van der Waals surface area contributed by atoms with E-state index < -0.39 is 0 Å². The third kappa shape index (κ3) is 3.62. The van der Waals surface area contributed by atoms with Gasteiger partial charge < -0.3 is 0 Å². The summed E-state index contributed by atoms with van der Waals surface area (Å²) in [5.74, 6) is 2.13. The average molecular weight is 428 g/mol. The van der Waals surface area contributed by atoms with Gasteiger partial charge in [-0.05, 0) is 82.1 Å². The Morgan fingerprint density at radius 3 is 1.94 bits per heavy atom. The smallest absolute Gasteiger partial charge is 0.224 e. The lowest BCUT2D eigenvalue weighted by Crippen LogP contribution is -2.46. The van der Waals surface area contributed by atoms with E-state index in [4.69, 9.17) is 0 Å². The molecule has 0 N–H and O–H groups in total. The first-order valence-corrected chi connectivity index (χ1v) is 12.9. The van der Waals surface area contributed by atoms with Crippen molar-refractivity contribution < 1.29 is 4.57 Å². The lowest BCUT2D eigenvalue weighted by molar-refractivity contribution is -0.722. The SMILES string of the molecule is Cc1ccccc1-n1c(C)c(C2CCCC2)[n+](C2CCCCC2)c1-c1c(C)cccc1C. The predicted octanol–water partition coefficient (Wildman–Crippen LogP) is 7.83. The maximum Gasteiger partial charge on any atom is 0.295 e. The minimum Gasteiger partial charge on any atom is -0.224 e. The Bertz CT molecular complexity index is 1090. The number of para-hydroxylation sites is 1. The van der Waals surface area contributed by atoms with Crippen LogP contribution >= 0.6 is 0 Å². The standard InChI is InChI=1S/C30H39N2/c1-21-13-8-11-20-27(21)31-24(4)29(25-16-9-10-17-25)32(26-18-6-5-7-19-26)30(31)28-22(2)14-12-15-23(28)3/h8,11-15,20,25-26H,5-7,9-10,16-19H2,1-4H3/q+1. The second-order valence-electron chi connectivity index (χ2n) is 10.3. The van der Waals surface area contributed by atoms with Crippen LogP contribution in [0.1, 0.15) is 97.8 Å². The van der Waals surface area contributed by atoms with Gasteiger partial charge in [-0.2, -0.15) is 4.57 Å². The summed E-state index contributed by atoms with van der Waals surface area (Å²) < 4.78 is 5.49. The van der Waals surface area contributed by atoms with Crippen LogP contribution in [0.15, 0.2) is 42.5 Å². The van der Waals surface area contributed by atoms with E-state index in [0.717, 1.165) is 0 Å². The van der Waals surface area contributed by atoms with Crippen LogP contribution in [-0.4, -0.2) is 4.57 Å². The van der Waals surface area contributed by atoms with Gasteiger partial charge >= 0.3 is 0 Å². The maximum atomic E-state index is 2.85. The normalized spacial score (nSPS) is 17.9. The zero-order chi connectivity index (χ0) is 22.2. The Balaban J connectivity index is 1.88. The van der Waals surface area contributed by atoms with Crippen molar-refractivity contribution in [2.24, 2.45) is 0 Å². The Labute approximate surface area is 194 Å². The molecule has 2 saturated carbocycles. The van der Waals surface area contributed by atoms with Gasteiger partial charge in [0.15, 0.2) is 0 Å². The zero-order valence-corrected chi connectivity index (χ0v) is 20.5. The highest BCUT2D eigenvalue weighted by molar-refractivity contribution is 5.66. The zero-order valence-electron chi connectivity index (χ0n) is 20.5. The van der Waals surface area contributed by atoms with Crippen molar-refractivity contribution in [1.82, 2.24) is 4.57 Å². The summed E-state index contributed by atoms with van der Waals surface area (Å²) in [4.78, 5) is 0. The lowest BCUT2D eigenvalue weighted by atomic mass is 9.92. The molecule has 0 radical (unpaired) electrons. The minimum atomic E-state index is 0.623. The van der Waals surface area contributed by atoms with Crippen LogP contribution in [0.2, 0.25) is 0 Å². The number of imidazole rings is 1. The van der Waals surface area contributed by atoms with Crippen molar-refractivity contribution in [3.8, 4) is 17.1 Å². The lowest BCUT2D eigenvalue weighted by Gasteiger charge is -2.24. The first-order valence-electron chi connectivity index (χ1n) is 12.9. The summed E-state index contributed by atoms with van der Waals surface area (Å²) in [6.07, 6.45) is 12.2. The Morgan fingerprint density at radius 1 is 0.688 bits per heavy atom. The molecule has 5 rings (SSSR count). The molecule has 0 atom stereocenters. The number of hydrogen-bond acceptors (Lipinski definition) is 0. The van der Waals surface area contributed by atoms with E-state index in [1.54, 1.807) is 5.69 Å². The molecule has 1 heterocycles. The van der Waals surface area contributed by atoms with Crippen molar-refractivity contribution in [2.45, 2.75) is 97.4 Å². The molecule has 0 unspecified atom stereocenters. The molecule has 0 amide bonds. The maximum absolute atomic E-state index is 2.85. The highest BCUT2D eigenvalue weighted by atomic mass is 15.2. The number of aromatic nitrogens is 2. The van der Waals surface area contributed by atoms with Gasteiger partial charge in [0.2, 0.25) is 0 Å². The fraction of sp³-hybridized carbons (Fsp3) is 0.500. The summed E-state index contributed by atoms with van der Waals surface area (Å²) in [6, 6.07) is 16.4. The highest BCUT2D eigenvalue weighted by Gasteiger charge is 2.40. The molecular weight excluding hydrogens is 388 g/mol. The Hall–Kier alpha value is -2.35. The number of aryl methyl sites for hydroxylation is 3. The molecule has 0 spiro atoms. The monoisotopic (exact) mass is 427 g/mol. The summed E-state index contributed by atoms with van der Waals surface area (Å²) in [7, 11) is 0. The molecule has 2 aliphatic rings. The van der Waals surface area contributed by atoms with Crippen molar-refractivity contribution in [1.29, 1.82) is 0 Å². The van der Waals surface area contributed by atoms with Gasteiger partial charge in [0.05, 0.1) is 5.56 Å². The van der Waals surface area contributed by atoms with Crippen LogP contribution in [-0.2, 0) is 0 Å². The number of benzene rings is 2. The van der Waals surface area contributed by atoms with Crippen molar-refractivity contribution in [2.75, 3.05) is 0 Å². The first-order chi connectivity index (χ1) is 15.6. The van der Waals surface area contributed by atoms with E-state index in [9.17, 15) is 0 Å². The van der Waals surface area contributed by atoms with Gasteiger partial charge in [-0.25, -0.2) is 4.57 Å². The molecule has 1 aromatic heterocycles. The molecule has 32 heavy (non-hydrogen) atoms. The summed E-state index contributed by atoms with van der Waals surface area (Å²) in [5.41, 5.74) is 10.0. The number of hydrogen-bond donors (Lipinski definition) is 0. The molecule has 0 saturated heterocycles. The largest absolute Gasteiger partial charge is 0.295 e. The van der Waals surface area contributed by atoms with Gasteiger partial charge in [0, 0.05) is 12.8 Å². The molecule has 0 aliphatic heterocycles. The van der Waals surface area contributed by atoms with Crippen molar-refractivity contribution in [3.63, 3.8) is 0 Å². The Kier molecular flexibility index (Phi) is 5.97. The number of rotatable bonds is 4. The molecule has 3 aromatic rings. The summed E-state index contributed by atoms with van der Waals surface area (Å²) in [5, 5.41) is 0. The van der Waals surface area contributed by atoms with Gasteiger partial charge in [-0.15, -0.1) is 0 Å². The molecule has 2 nitrogen and oxygen atoms in total. The first kappa shape index (κ1) is 21.5. The van der Waals surface area contributed by atoms with E-state index in [0.29, 0.717) is 12.0 Å². The van der Waals surface area contributed by atoms with Crippen LogP contribution < -0.4 is 4.57 Å². The fourth-order valence-corrected chi connectivity index (χ4v) is 6.58. The predicted molar refractivity (Wildman–Crippen MR) is 134 cm³/mol. The average Bonchev–Trinajstić information content (AvgIpc) is 3.41. The topological polar surface area (TPSA) is 8.81 Å². The van der Waals surface area contributed by atoms with E-state index >= 15 is 0 Å². The number of nitrogens with zero attached hydrogens (tertiary/aromatic N) is 2. The second kappa shape index (κ2) is 8.89. The van der Waals surface area contributed by atoms with Crippen LogP contribution in [0.5, 0.6) is 0 Å². The molecule has 2 aromatic carbocycles. The van der Waals surface area contributed by atoms with Gasteiger partial charge in [0.1, 0.15) is 23.1 Å². The van der Waals surface area contributed by atoms with Crippen LogP contribution in [0.4, 0.5) is 0 Å². The molecule has 2 aliphatic carbocycles. The van der Waals surface area contributed by atoms with Crippen LogP contribution in [0.3, 0.4) is 0 Å². The fourth-order valence-electron chi connectivity index (χ4n) is 6.58. The van der Waals surface area contributed by atoms with Crippen molar-refractivity contribution in [3.05, 3.63) is 70.5 Å². The van der Waals surface area contributed by atoms with Crippen LogP contribution in [0, 0.1) is 27.7 Å². The van der Waals surface area contributed by atoms with E-state index in [1.165, 1.54) is 97.2 Å². The molecule has 0 bridgehead atoms. The van der Waals surface area contributed by atoms with Crippen molar-refractivity contribution >= 4 is 0 Å². The quantitative estimate of drug-likeness (QED) is 0.375. The minimum absolute atomic E-state index is 0.623. The molecule has 2 heteroatoms. The molecule has 168 valence electrons. The third-order valence-corrected chi connectivity index (χ3v) is 8.15. The van der Waals surface area contributed by atoms with E-state index in [-0.39, 0.29) is 0 Å². The van der Waals surface area contributed by atoms with Gasteiger partial charge in [0.25, 0.3) is 5.82 Å².